The third kappa shape index (κ3) is 3.00. The Bertz CT molecular complexity index is 596. The van der Waals surface area contributed by atoms with Crippen LogP contribution in [0, 0.1) is 0 Å². The molecule has 0 unspecified atom stereocenters. The summed E-state index contributed by atoms with van der Waals surface area (Å²) in [5.41, 5.74) is 4.62. The van der Waals surface area contributed by atoms with Crippen LogP contribution in [0.1, 0.15) is 19.4 Å². The van der Waals surface area contributed by atoms with Crippen LogP contribution >= 0.6 is 0 Å². The van der Waals surface area contributed by atoms with Gasteiger partial charge >= 0.3 is 0 Å². The summed E-state index contributed by atoms with van der Waals surface area (Å²) >= 11 is 0. The summed E-state index contributed by atoms with van der Waals surface area (Å²) in [6.45, 7) is 9.28. The number of allylic oxidation sites excluding steroid dienone is 3. The highest BCUT2D eigenvalue weighted by molar-refractivity contribution is 5.83. The first-order valence-electron chi connectivity index (χ1n) is 7.01. The lowest BCUT2D eigenvalue weighted by Gasteiger charge is -2.26. The van der Waals surface area contributed by atoms with E-state index in [-0.39, 0.29) is 0 Å². The third-order valence-electron chi connectivity index (χ3n) is 3.29. The van der Waals surface area contributed by atoms with Crippen molar-refractivity contribution in [3.05, 3.63) is 78.9 Å². The van der Waals surface area contributed by atoms with E-state index in [0.29, 0.717) is 0 Å². The van der Waals surface area contributed by atoms with Crippen molar-refractivity contribution in [3.8, 4) is 0 Å². The van der Waals surface area contributed by atoms with Gasteiger partial charge in [-0.25, -0.2) is 0 Å². The Kier molecular flexibility index (Phi) is 4.78. The fourth-order valence-corrected chi connectivity index (χ4v) is 2.37. The van der Waals surface area contributed by atoms with Crippen molar-refractivity contribution < 1.29 is 0 Å². The number of rotatable bonds is 5. The second-order valence-electron chi connectivity index (χ2n) is 4.62. The van der Waals surface area contributed by atoms with Crippen LogP contribution in [-0.2, 0) is 0 Å². The molecule has 20 heavy (non-hydrogen) atoms. The molecule has 0 saturated heterocycles. The number of hydrogen-bond donors (Lipinski definition) is 0. The summed E-state index contributed by atoms with van der Waals surface area (Å²) < 4.78 is 0. The fourth-order valence-electron chi connectivity index (χ4n) is 2.37. The maximum absolute atomic E-state index is 4.17. The van der Waals surface area contributed by atoms with Gasteiger partial charge in [0.15, 0.2) is 0 Å². The van der Waals surface area contributed by atoms with Crippen molar-refractivity contribution in [2.45, 2.75) is 13.8 Å². The molecule has 0 aliphatic carbocycles. The van der Waals surface area contributed by atoms with E-state index in [1.165, 1.54) is 16.9 Å². The van der Waals surface area contributed by atoms with Gasteiger partial charge < -0.3 is 4.90 Å². The summed E-state index contributed by atoms with van der Waals surface area (Å²) in [5, 5.41) is 0. The van der Waals surface area contributed by atoms with Crippen molar-refractivity contribution in [3.63, 3.8) is 0 Å². The van der Waals surface area contributed by atoms with Gasteiger partial charge in [-0.05, 0) is 37.6 Å². The second kappa shape index (κ2) is 6.76. The molecule has 0 spiro atoms. The molecule has 0 amide bonds. The summed E-state index contributed by atoms with van der Waals surface area (Å²) in [7, 11) is 0. The number of para-hydroxylation sites is 2. The molecular weight excluding hydrogens is 242 g/mol. The van der Waals surface area contributed by atoms with Crippen LogP contribution in [0.15, 0.2) is 73.3 Å². The highest BCUT2D eigenvalue weighted by Gasteiger charge is 2.11. The molecule has 2 aromatic rings. The van der Waals surface area contributed by atoms with E-state index in [2.05, 4.69) is 73.0 Å². The summed E-state index contributed by atoms with van der Waals surface area (Å²) in [4.78, 5) is 2.31. The third-order valence-corrected chi connectivity index (χ3v) is 3.29. The van der Waals surface area contributed by atoms with Crippen molar-refractivity contribution in [1.82, 2.24) is 0 Å². The molecule has 0 aromatic heterocycles. The van der Waals surface area contributed by atoms with Crippen LogP contribution in [-0.4, -0.2) is 6.54 Å². The normalized spacial score (nSPS) is 10.7. The van der Waals surface area contributed by atoms with E-state index in [1.807, 2.05) is 19.1 Å². The Morgan fingerprint density at radius 1 is 1.05 bits per heavy atom. The quantitative estimate of drug-likeness (QED) is 0.650. The Morgan fingerprint density at radius 3 is 2.35 bits per heavy atom. The number of anilines is 2. The summed E-state index contributed by atoms with van der Waals surface area (Å²) in [6.07, 6.45) is 4.08. The van der Waals surface area contributed by atoms with E-state index in [1.54, 1.807) is 0 Å². The first-order chi connectivity index (χ1) is 9.77. The molecule has 0 N–H and O–H groups in total. The van der Waals surface area contributed by atoms with Gasteiger partial charge in [0.25, 0.3) is 0 Å². The van der Waals surface area contributed by atoms with Gasteiger partial charge in [-0.2, -0.15) is 0 Å². The molecule has 1 nitrogen and oxygen atoms in total. The number of hydrogen-bond acceptors (Lipinski definition) is 1. The zero-order valence-electron chi connectivity index (χ0n) is 12.2. The molecule has 0 saturated carbocycles. The summed E-state index contributed by atoms with van der Waals surface area (Å²) in [6, 6.07) is 18.9. The van der Waals surface area contributed by atoms with Crippen LogP contribution < -0.4 is 4.90 Å². The van der Waals surface area contributed by atoms with Crippen molar-refractivity contribution in [2.24, 2.45) is 0 Å². The van der Waals surface area contributed by atoms with Crippen LogP contribution in [0.5, 0.6) is 0 Å². The first-order valence-corrected chi connectivity index (χ1v) is 7.01. The van der Waals surface area contributed by atoms with E-state index in [9.17, 15) is 0 Å². The molecule has 0 fully saturated rings. The minimum atomic E-state index is 0.921. The smallest absolute Gasteiger partial charge is 0.0490 e. The fraction of sp³-hybridized carbons (Fsp3) is 0.158. The minimum absolute atomic E-state index is 0.921. The highest BCUT2D eigenvalue weighted by Crippen LogP contribution is 2.32. The van der Waals surface area contributed by atoms with Gasteiger partial charge in [0.2, 0.25) is 0 Å². The monoisotopic (exact) mass is 263 g/mol. The average molecular weight is 263 g/mol. The SMILES string of the molecule is C=C(/C=C\C)c1ccccc1N(CC)c1ccccc1. The lowest BCUT2D eigenvalue weighted by atomic mass is 10.0. The second-order valence-corrected chi connectivity index (χ2v) is 4.62. The predicted octanol–water partition coefficient (Wildman–Crippen LogP) is 5.43. The Balaban J connectivity index is 2.48. The van der Waals surface area contributed by atoms with E-state index in [4.69, 9.17) is 0 Å². The van der Waals surface area contributed by atoms with Gasteiger partial charge in [0.05, 0.1) is 0 Å². The van der Waals surface area contributed by atoms with Gasteiger partial charge in [0.1, 0.15) is 0 Å². The molecule has 0 atom stereocenters. The van der Waals surface area contributed by atoms with Crippen LogP contribution in [0.3, 0.4) is 0 Å². The number of nitrogens with zero attached hydrogens (tertiary/aromatic N) is 1. The largest absolute Gasteiger partial charge is 0.341 e. The van der Waals surface area contributed by atoms with Crippen molar-refractivity contribution in [2.75, 3.05) is 11.4 Å². The predicted molar refractivity (Wildman–Crippen MR) is 89.4 cm³/mol. The maximum Gasteiger partial charge on any atom is 0.0490 e. The zero-order chi connectivity index (χ0) is 14.4. The lowest BCUT2D eigenvalue weighted by Crippen LogP contribution is -2.17. The van der Waals surface area contributed by atoms with Crippen LogP contribution in [0.25, 0.3) is 5.57 Å². The molecule has 2 rings (SSSR count). The Morgan fingerprint density at radius 2 is 1.70 bits per heavy atom. The average Bonchev–Trinajstić information content (AvgIpc) is 2.50. The molecule has 102 valence electrons. The zero-order valence-corrected chi connectivity index (χ0v) is 12.2. The standard InChI is InChI=1S/C19H21N/c1-4-11-16(3)18-14-9-10-15-19(18)20(5-2)17-12-7-6-8-13-17/h4,6-15H,3,5H2,1-2H3/b11-4-. The molecule has 0 radical (unpaired) electrons. The molecule has 2 aromatic carbocycles. The van der Waals surface area contributed by atoms with E-state index in [0.717, 1.165) is 12.1 Å². The number of benzene rings is 2. The van der Waals surface area contributed by atoms with E-state index < -0.39 is 0 Å². The lowest BCUT2D eigenvalue weighted by molar-refractivity contribution is 1.02. The summed E-state index contributed by atoms with van der Waals surface area (Å²) in [5.74, 6) is 0. The van der Waals surface area contributed by atoms with E-state index >= 15 is 0 Å². The Hall–Kier alpha value is -2.28. The first kappa shape index (κ1) is 14.1. The van der Waals surface area contributed by atoms with Gasteiger partial charge in [-0.15, -0.1) is 0 Å². The molecule has 0 heterocycles. The van der Waals surface area contributed by atoms with Gasteiger partial charge in [-0.3, -0.25) is 0 Å². The Labute approximate surface area is 121 Å². The van der Waals surface area contributed by atoms with Crippen molar-refractivity contribution in [1.29, 1.82) is 0 Å². The molecule has 0 aliphatic heterocycles. The molecule has 0 bridgehead atoms. The minimum Gasteiger partial charge on any atom is -0.341 e. The highest BCUT2D eigenvalue weighted by atomic mass is 15.1. The topological polar surface area (TPSA) is 3.24 Å². The van der Waals surface area contributed by atoms with Crippen molar-refractivity contribution >= 4 is 16.9 Å². The van der Waals surface area contributed by atoms with Gasteiger partial charge in [-0.1, -0.05) is 55.1 Å². The molecule has 1 heteroatoms. The van der Waals surface area contributed by atoms with Gasteiger partial charge in [0, 0.05) is 23.5 Å². The van der Waals surface area contributed by atoms with Crippen LogP contribution in [0.2, 0.25) is 0 Å². The molecule has 0 aliphatic rings. The molecular formula is C19H21N. The maximum atomic E-state index is 4.17. The van der Waals surface area contributed by atoms with Crippen LogP contribution in [0.4, 0.5) is 11.4 Å².